The summed E-state index contributed by atoms with van der Waals surface area (Å²) in [5, 5.41) is 2.74. The lowest BCUT2D eigenvalue weighted by molar-refractivity contribution is -0.146. The highest BCUT2D eigenvalue weighted by Gasteiger charge is 2.51. The summed E-state index contributed by atoms with van der Waals surface area (Å²) in [6.45, 7) is 1.65. The zero-order chi connectivity index (χ0) is 21.6. The molecule has 1 N–H and O–H groups in total. The minimum Gasteiger partial charge on any atom is -0.458 e. The molecule has 4 aliphatic carbocycles. The van der Waals surface area contributed by atoms with Crippen LogP contribution < -0.4 is 10.9 Å². The van der Waals surface area contributed by atoms with Gasteiger partial charge in [-0.15, -0.1) is 0 Å². The van der Waals surface area contributed by atoms with Gasteiger partial charge in [-0.05, 0) is 80.2 Å². The van der Waals surface area contributed by atoms with Gasteiger partial charge >= 0.3 is 5.97 Å². The van der Waals surface area contributed by atoms with Crippen LogP contribution in [0, 0.1) is 30.1 Å². The van der Waals surface area contributed by atoms with Crippen molar-refractivity contribution in [1.82, 2.24) is 14.7 Å². The predicted octanol–water partition coefficient (Wildman–Crippen LogP) is 2.77. The molecule has 2 heterocycles. The van der Waals surface area contributed by atoms with E-state index >= 15 is 0 Å². The van der Waals surface area contributed by atoms with Crippen molar-refractivity contribution in [1.29, 1.82) is 0 Å². The van der Waals surface area contributed by atoms with Crippen molar-refractivity contribution in [3.8, 4) is 0 Å². The molecule has 0 aliphatic heterocycles. The van der Waals surface area contributed by atoms with Crippen LogP contribution in [0.2, 0.25) is 0 Å². The van der Waals surface area contributed by atoms with Crippen LogP contribution in [0.5, 0.6) is 0 Å². The number of esters is 1. The highest BCUT2D eigenvalue weighted by Crippen LogP contribution is 2.61. The van der Waals surface area contributed by atoms with E-state index in [9.17, 15) is 14.4 Å². The van der Waals surface area contributed by atoms with E-state index in [1.165, 1.54) is 49.0 Å². The SMILES string of the molecule is Cc1ccc2nc(COC(=O)CNC(=O)CC34CC5CC(CC(C5)C3)C4)cc(=O)n2c1. The number of aromatic nitrogens is 2. The number of hydrogen-bond acceptors (Lipinski definition) is 5. The largest absolute Gasteiger partial charge is 0.458 e. The summed E-state index contributed by atoms with van der Waals surface area (Å²) < 4.78 is 6.70. The second-order valence-electron chi connectivity index (χ2n) is 10.1. The van der Waals surface area contributed by atoms with Crippen molar-refractivity contribution in [3.05, 3.63) is 46.0 Å². The van der Waals surface area contributed by atoms with Crippen LogP contribution in [0.15, 0.2) is 29.2 Å². The van der Waals surface area contributed by atoms with Crippen LogP contribution in [0.4, 0.5) is 0 Å². The molecule has 0 aromatic carbocycles. The average Bonchev–Trinajstić information content (AvgIpc) is 2.70. The Morgan fingerprint density at radius 2 is 1.84 bits per heavy atom. The van der Waals surface area contributed by atoms with E-state index in [2.05, 4.69) is 10.3 Å². The zero-order valence-corrected chi connectivity index (χ0v) is 17.9. The van der Waals surface area contributed by atoms with Gasteiger partial charge in [-0.25, -0.2) is 4.98 Å². The molecule has 4 fully saturated rings. The van der Waals surface area contributed by atoms with Gasteiger partial charge in [0.1, 0.15) is 18.8 Å². The highest BCUT2D eigenvalue weighted by atomic mass is 16.5. The molecular weight excluding hydrogens is 394 g/mol. The van der Waals surface area contributed by atoms with Crippen molar-refractivity contribution < 1.29 is 14.3 Å². The van der Waals surface area contributed by atoms with Crippen LogP contribution >= 0.6 is 0 Å². The van der Waals surface area contributed by atoms with Crippen molar-refractivity contribution >= 4 is 17.5 Å². The first-order chi connectivity index (χ1) is 14.9. The van der Waals surface area contributed by atoms with E-state index in [1.807, 2.05) is 13.0 Å². The molecule has 7 heteroatoms. The second-order valence-corrected chi connectivity index (χ2v) is 10.1. The Morgan fingerprint density at radius 1 is 1.16 bits per heavy atom. The van der Waals surface area contributed by atoms with Gasteiger partial charge in [0.05, 0.1) is 5.69 Å². The van der Waals surface area contributed by atoms with Crippen LogP contribution in [0.3, 0.4) is 0 Å². The number of nitrogens with zero attached hydrogens (tertiary/aromatic N) is 2. The smallest absolute Gasteiger partial charge is 0.325 e. The predicted molar refractivity (Wildman–Crippen MR) is 114 cm³/mol. The molecule has 4 bridgehead atoms. The molecule has 2 aromatic heterocycles. The third-order valence-electron chi connectivity index (χ3n) is 7.37. The summed E-state index contributed by atoms with van der Waals surface area (Å²) in [6.07, 6.45) is 9.78. The lowest BCUT2D eigenvalue weighted by atomic mass is 9.49. The van der Waals surface area contributed by atoms with Gasteiger partial charge in [-0.3, -0.25) is 18.8 Å². The quantitative estimate of drug-likeness (QED) is 0.722. The van der Waals surface area contributed by atoms with Gasteiger partial charge in [0.25, 0.3) is 5.56 Å². The summed E-state index contributed by atoms with van der Waals surface area (Å²) >= 11 is 0. The minimum absolute atomic E-state index is 0.0589. The van der Waals surface area contributed by atoms with Gasteiger partial charge < -0.3 is 10.1 Å². The van der Waals surface area contributed by atoms with E-state index < -0.39 is 5.97 Å². The molecule has 0 atom stereocenters. The number of pyridine rings is 1. The summed E-state index contributed by atoms with van der Waals surface area (Å²) in [7, 11) is 0. The molecule has 6 rings (SSSR count). The molecule has 7 nitrogen and oxygen atoms in total. The molecule has 0 saturated heterocycles. The van der Waals surface area contributed by atoms with Gasteiger partial charge in [-0.1, -0.05) is 6.07 Å². The normalized spacial score (nSPS) is 28.6. The standard InChI is InChI=1S/C24H29N3O4/c1-15-2-3-20-26-19(7-22(29)27(20)13-15)14-31-23(30)12-25-21(28)11-24-8-16-4-17(9-24)6-18(5-16)10-24/h2-3,7,13,16-18H,4-6,8-12,14H2,1H3,(H,25,28). The number of aryl methyl sites for hydroxylation is 1. The zero-order valence-electron chi connectivity index (χ0n) is 17.9. The number of rotatable bonds is 6. The Morgan fingerprint density at radius 3 is 2.52 bits per heavy atom. The maximum Gasteiger partial charge on any atom is 0.325 e. The topological polar surface area (TPSA) is 89.8 Å². The molecule has 0 unspecified atom stereocenters. The number of amides is 1. The minimum atomic E-state index is -0.523. The Labute approximate surface area is 181 Å². The van der Waals surface area contributed by atoms with Crippen molar-refractivity contribution in [3.63, 3.8) is 0 Å². The summed E-state index contributed by atoms with van der Waals surface area (Å²) in [6, 6.07) is 5.00. The molecule has 164 valence electrons. The third-order valence-corrected chi connectivity index (χ3v) is 7.37. The van der Waals surface area contributed by atoms with E-state index in [0.717, 1.165) is 23.3 Å². The molecule has 31 heavy (non-hydrogen) atoms. The first-order valence-electron chi connectivity index (χ1n) is 11.3. The van der Waals surface area contributed by atoms with Crippen LogP contribution in [0.25, 0.3) is 5.65 Å². The fraction of sp³-hybridized carbons (Fsp3) is 0.583. The average molecular weight is 424 g/mol. The molecule has 0 spiro atoms. The maximum atomic E-state index is 12.5. The van der Waals surface area contributed by atoms with Crippen LogP contribution in [-0.4, -0.2) is 27.8 Å². The molecular formula is C24H29N3O4. The second kappa shape index (κ2) is 7.77. The van der Waals surface area contributed by atoms with Crippen molar-refractivity contribution in [2.45, 2.75) is 58.5 Å². The summed E-state index contributed by atoms with van der Waals surface area (Å²) in [5.74, 6) is 1.81. The molecule has 0 radical (unpaired) electrons. The third kappa shape index (κ3) is 4.23. The van der Waals surface area contributed by atoms with Gasteiger partial charge in [0.2, 0.25) is 5.91 Å². The number of nitrogens with one attached hydrogen (secondary N) is 1. The molecule has 4 saturated carbocycles. The van der Waals surface area contributed by atoms with Gasteiger partial charge in [0.15, 0.2) is 0 Å². The monoisotopic (exact) mass is 423 g/mol. The number of carbonyl (C=O) groups is 2. The maximum absolute atomic E-state index is 12.5. The number of ether oxygens (including phenoxy) is 1. The summed E-state index contributed by atoms with van der Waals surface area (Å²) in [5.41, 5.74) is 1.79. The lowest BCUT2D eigenvalue weighted by Gasteiger charge is -2.56. The van der Waals surface area contributed by atoms with E-state index in [0.29, 0.717) is 17.8 Å². The fourth-order valence-electron chi connectivity index (χ4n) is 6.62. The first kappa shape index (κ1) is 20.2. The van der Waals surface area contributed by atoms with E-state index in [4.69, 9.17) is 4.74 Å². The Balaban J connectivity index is 1.12. The van der Waals surface area contributed by atoms with Crippen LogP contribution in [-0.2, 0) is 20.9 Å². The number of carbonyl (C=O) groups excluding carboxylic acids is 2. The summed E-state index contributed by atoms with van der Waals surface area (Å²) in [4.78, 5) is 41.3. The van der Waals surface area contributed by atoms with E-state index in [-0.39, 0.29) is 30.0 Å². The molecule has 1 amide bonds. The number of hydrogen-bond donors (Lipinski definition) is 1. The first-order valence-corrected chi connectivity index (χ1v) is 11.3. The fourth-order valence-corrected chi connectivity index (χ4v) is 6.62. The van der Waals surface area contributed by atoms with Gasteiger partial charge in [0, 0.05) is 18.7 Å². The van der Waals surface area contributed by atoms with Crippen LogP contribution in [0.1, 0.15) is 56.2 Å². The van der Waals surface area contributed by atoms with E-state index in [1.54, 1.807) is 12.3 Å². The Kier molecular flexibility index (Phi) is 5.07. The lowest BCUT2D eigenvalue weighted by Crippen LogP contribution is -2.48. The number of fused-ring (bicyclic) bond motifs is 1. The highest BCUT2D eigenvalue weighted by molar-refractivity contribution is 5.82. The Bertz CT molecular complexity index is 1050. The Hall–Kier alpha value is -2.70. The van der Waals surface area contributed by atoms with Gasteiger partial charge in [-0.2, -0.15) is 0 Å². The van der Waals surface area contributed by atoms with Crippen molar-refractivity contribution in [2.75, 3.05) is 6.54 Å². The molecule has 2 aromatic rings. The van der Waals surface area contributed by atoms with Crippen molar-refractivity contribution in [2.24, 2.45) is 23.2 Å². The molecule has 4 aliphatic rings.